The van der Waals surface area contributed by atoms with Crippen LogP contribution in [0.2, 0.25) is 0 Å². The number of pyridine rings is 1. The SMILES string of the molecule is COc1cccc(-c2nc3c(Nc4ccc(OC)c(OC)c4)nccc3[nH]2)c1. The number of imidazole rings is 1. The topological polar surface area (TPSA) is 81.3 Å². The Kier molecular flexibility index (Phi) is 4.72. The van der Waals surface area contributed by atoms with Crippen molar-refractivity contribution in [3.05, 3.63) is 54.7 Å². The molecule has 0 unspecified atom stereocenters. The Morgan fingerprint density at radius 3 is 2.54 bits per heavy atom. The third kappa shape index (κ3) is 3.29. The molecular formula is C21H20N4O3. The highest BCUT2D eigenvalue weighted by Gasteiger charge is 2.12. The fourth-order valence-electron chi connectivity index (χ4n) is 2.98. The number of nitrogens with one attached hydrogen (secondary N) is 2. The van der Waals surface area contributed by atoms with E-state index in [1.807, 2.05) is 48.5 Å². The largest absolute Gasteiger partial charge is 0.497 e. The Balaban J connectivity index is 1.71. The van der Waals surface area contributed by atoms with Crippen LogP contribution in [0.1, 0.15) is 0 Å². The molecule has 7 heteroatoms. The van der Waals surface area contributed by atoms with Crippen molar-refractivity contribution in [2.24, 2.45) is 0 Å². The molecule has 2 heterocycles. The molecule has 0 atom stereocenters. The van der Waals surface area contributed by atoms with Gasteiger partial charge in [0, 0.05) is 23.5 Å². The van der Waals surface area contributed by atoms with Gasteiger partial charge in [-0.2, -0.15) is 0 Å². The van der Waals surface area contributed by atoms with Crippen LogP contribution in [-0.4, -0.2) is 36.3 Å². The summed E-state index contributed by atoms with van der Waals surface area (Å²) < 4.78 is 16.0. The minimum atomic E-state index is 0.638. The van der Waals surface area contributed by atoms with Crippen LogP contribution in [0.5, 0.6) is 17.2 Å². The maximum absolute atomic E-state index is 5.37. The van der Waals surface area contributed by atoms with E-state index in [9.17, 15) is 0 Å². The summed E-state index contributed by atoms with van der Waals surface area (Å²) in [6, 6.07) is 15.2. The number of anilines is 2. The lowest BCUT2D eigenvalue weighted by molar-refractivity contribution is 0.355. The van der Waals surface area contributed by atoms with Gasteiger partial charge in [0.25, 0.3) is 0 Å². The van der Waals surface area contributed by atoms with Crippen molar-refractivity contribution in [1.29, 1.82) is 0 Å². The Bertz CT molecular complexity index is 1120. The standard InChI is InChI=1S/C21H20N4O3/c1-26-15-6-4-5-13(11-15)20-24-16-9-10-22-21(19(16)25-20)23-14-7-8-17(27-2)18(12-14)28-3/h4-12H,1-3H3,(H,22,23)(H,24,25). The molecule has 0 aliphatic rings. The summed E-state index contributed by atoms with van der Waals surface area (Å²) in [4.78, 5) is 12.5. The van der Waals surface area contributed by atoms with E-state index in [2.05, 4.69) is 15.3 Å². The van der Waals surface area contributed by atoms with E-state index < -0.39 is 0 Å². The minimum absolute atomic E-state index is 0.638. The molecule has 0 spiro atoms. The first kappa shape index (κ1) is 17.7. The predicted octanol–water partition coefficient (Wildman–Crippen LogP) is 4.39. The molecule has 0 fully saturated rings. The van der Waals surface area contributed by atoms with Crippen molar-refractivity contribution in [1.82, 2.24) is 15.0 Å². The summed E-state index contributed by atoms with van der Waals surface area (Å²) >= 11 is 0. The van der Waals surface area contributed by atoms with Gasteiger partial charge >= 0.3 is 0 Å². The van der Waals surface area contributed by atoms with Crippen molar-refractivity contribution in [2.75, 3.05) is 26.6 Å². The van der Waals surface area contributed by atoms with Gasteiger partial charge in [-0.05, 0) is 30.3 Å². The Morgan fingerprint density at radius 1 is 0.893 bits per heavy atom. The third-order valence-electron chi connectivity index (χ3n) is 4.39. The molecule has 0 saturated heterocycles. The van der Waals surface area contributed by atoms with E-state index in [1.165, 1.54) is 0 Å². The molecule has 2 aromatic heterocycles. The molecule has 0 saturated carbocycles. The maximum Gasteiger partial charge on any atom is 0.162 e. The van der Waals surface area contributed by atoms with Gasteiger partial charge in [0.05, 0.1) is 26.8 Å². The third-order valence-corrected chi connectivity index (χ3v) is 4.39. The highest BCUT2D eigenvalue weighted by molar-refractivity contribution is 5.90. The van der Waals surface area contributed by atoms with Crippen molar-refractivity contribution in [3.63, 3.8) is 0 Å². The predicted molar refractivity (Wildman–Crippen MR) is 109 cm³/mol. The van der Waals surface area contributed by atoms with E-state index in [0.717, 1.165) is 33.9 Å². The fourth-order valence-corrected chi connectivity index (χ4v) is 2.98. The van der Waals surface area contributed by atoms with Gasteiger partial charge in [-0.25, -0.2) is 9.97 Å². The van der Waals surface area contributed by atoms with Crippen molar-refractivity contribution in [2.45, 2.75) is 0 Å². The van der Waals surface area contributed by atoms with Crippen LogP contribution in [0.4, 0.5) is 11.5 Å². The number of hydrogen-bond acceptors (Lipinski definition) is 6. The number of aromatic nitrogens is 3. The first-order valence-corrected chi connectivity index (χ1v) is 8.70. The fraction of sp³-hybridized carbons (Fsp3) is 0.143. The summed E-state index contributed by atoms with van der Waals surface area (Å²) in [5.74, 6) is 3.48. The van der Waals surface area contributed by atoms with Crippen LogP contribution < -0.4 is 19.5 Å². The molecule has 0 radical (unpaired) electrons. The number of fused-ring (bicyclic) bond motifs is 1. The summed E-state index contributed by atoms with van der Waals surface area (Å²) in [7, 11) is 4.86. The number of methoxy groups -OCH3 is 3. The molecule has 0 amide bonds. The van der Waals surface area contributed by atoms with Crippen LogP contribution in [0.25, 0.3) is 22.4 Å². The summed E-state index contributed by atoms with van der Waals surface area (Å²) in [5.41, 5.74) is 3.39. The monoisotopic (exact) mass is 376 g/mol. The van der Waals surface area contributed by atoms with E-state index in [-0.39, 0.29) is 0 Å². The Labute approximate surface area is 162 Å². The first-order valence-electron chi connectivity index (χ1n) is 8.70. The average Bonchev–Trinajstić information content (AvgIpc) is 3.19. The molecule has 0 aliphatic carbocycles. The smallest absolute Gasteiger partial charge is 0.162 e. The van der Waals surface area contributed by atoms with Gasteiger partial charge in [0.1, 0.15) is 17.1 Å². The highest BCUT2D eigenvalue weighted by Crippen LogP contribution is 2.32. The highest BCUT2D eigenvalue weighted by atomic mass is 16.5. The van der Waals surface area contributed by atoms with E-state index in [1.54, 1.807) is 27.5 Å². The second-order valence-corrected chi connectivity index (χ2v) is 6.07. The Morgan fingerprint density at radius 2 is 1.75 bits per heavy atom. The molecule has 2 aromatic carbocycles. The van der Waals surface area contributed by atoms with Crippen LogP contribution in [0, 0.1) is 0 Å². The summed E-state index contributed by atoms with van der Waals surface area (Å²) in [5, 5.41) is 3.31. The van der Waals surface area contributed by atoms with Crippen LogP contribution in [-0.2, 0) is 0 Å². The van der Waals surface area contributed by atoms with Crippen molar-refractivity contribution >= 4 is 22.5 Å². The number of ether oxygens (including phenoxy) is 3. The second-order valence-electron chi connectivity index (χ2n) is 6.07. The lowest BCUT2D eigenvalue weighted by Crippen LogP contribution is -1.96. The van der Waals surface area contributed by atoms with Gasteiger partial charge in [-0.1, -0.05) is 12.1 Å². The zero-order valence-electron chi connectivity index (χ0n) is 15.8. The zero-order chi connectivity index (χ0) is 19.5. The number of benzene rings is 2. The quantitative estimate of drug-likeness (QED) is 0.519. The molecular weight excluding hydrogens is 356 g/mol. The van der Waals surface area contributed by atoms with Gasteiger partial charge < -0.3 is 24.5 Å². The first-order chi connectivity index (χ1) is 13.7. The van der Waals surface area contributed by atoms with Crippen LogP contribution >= 0.6 is 0 Å². The van der Waals surface area contributed by atoms with Crippen molar-refractivity contribution in [3.8, 4) is 28.6 Å². The number of nitrogens with zero attached hydrogens (tertiary/aromatic N) is 2. The van der Waals surface area contributed by atoms with E-state index in [4.69, 9.17) is 19.2 Å². The van der Waals surface area contributed by atoms with Crippen molar-refractivity contribution < 1.29 is 14.2 Å². The van der Waals surface area contributed by atoms with Gasteiger partial charge in [-0.15, -0.1) is 0 Å². The minimum Gasteiger partial charge on any atom is -0.497 e. The lowest BCUT2D eigenvalue weighted by atomic mass is 10.2. The average molecular weight is 376 g/mol. The van der Waals surface area contributed by atoms with Gasteiger partial charge in [0.15, 0.2) is 17.3 Å². The molecule has 0 bridgehead atoms. The van der Waals surface area contributed by atoms with Gasteiger partial charge in [0.2, 0.25) is 0 Å². The Hall–Kier alpha value is -3.74. The second kappa shape index (κ2) is 7.48. The molecule has 4 rings (SSSR count). The molecule has 4 aromatic rings. The number of rotatable bonds is 6. The number of hydrogen-bond donors (Lipinski definition) is 2. The molecule has 28 heavy (non-hydrogen) atoms. The van der Waals surface area contributed by atoms with E-state index >= 15 is 0 Å². The summed E-state index contributed by atoms with van der Waals surface area (Å²) in [6.07, 6.45) is 1.74. The number of aromatic amines is 1. The summed E-state index contributed by atoms with van der Waals surface area (Å²) in [6.45, 7) is 0. The molecule has 0 aliphatic heterocycles. The van der Waals surface area contributed by atoms with E-state index in [0.29, 0.717) is 17.3 Å². The normalized spacial score (nSPS) is 10.7. The van der Waals surface area contributed by atoms with Gasteiger partial charge in [-0.3, -0.25) is 0 Å². The molecule has 2 N–H and O–H groups in total. The van der Waals surface area contributed by atoms with Crippen LogP contribution in [0.15, 0.2) is 54.7 Å². The zero-order valence-corrected chi connectivity index (χ0v) is 15.8. The lowest BCUT2D eigenvalue weighted by Gasteiger charge is -2.11. The number of H-pyrrole nitrogens is 1. The van der Waals surface area contributed by atoms with Crippen LogP contribution in [0.3, 0.4) is 0 Å². The molecule has 142 valence electrons. The maximum atomic E-state index is 5.37. The molecule has 7 nitrogen and oxygen atoms in total.